The average Bonchev–Trinajstić information content (AvgIpc) is 2.85. The maximum absolute atomic E-state index is 13.9. The van der Waals surface area contributed by atoms with Crippen LogP contribution >= 0.6 is 0 Å². The molecule has 0 bridgehead atoms. The highest BCUT2D eigenvalue weighted by molar-refractivity contribution is 6.01. The SMILES string of the molecule is COc1ccc2c(c1)C(=O)C1C=CC(Nc3ccc(F)c(F)c3F)=CC1CC2. The van der Waals surface area contributed by atoms with E-state index in [2.05, 4.69) is 5.32 Å². The molecule has 6 heteroatoms. The van der Waals surface area contributed by atoms with Crippen molar-refractivity contribution in [3.8, 4) is 5.75 Å². The van der Waals surface area contributed by atoms with Gasteiger partial charge < -0.3 is 10.1 Å². The summed E-state index contributed by atoms with van der Waals surface area (Å²) in [6.07, 6.45) is 6.77. The lowest BCUT2D eigenvalue weighted by atomic mass is 9.82. The van der Waals surface area contributed by atoms with E-state index in [1.54, 1.807) is 25.3 Å². The van der Waals surface area contributed by atoms with Gasteiger partial charge in [0.25, 0.3) is 0 Å². The van der Waals surface area contributed by atoms with Gasteiger partial charge in [0.1, 0.15) is 5.75 Å². The third-order valence-electron chi connectivity index (χ3n) is 5.28. The molecule has 1 N–H and O–H groups in total. The minimum absolute atomic E-state index is 0.0157. The van der Waals surface area contributed by atoms with Gasteiger partial charge in [-0.1, -0.05) is 18.2 Å². The summed E-state index contributed by atoms with van der Waals surface area (Å²) >= 11 is 0. The summed E-state index contributed by atoms with van der Waals surface area (Å²) < 4.78 is 45.7. The summed E-state index contributed by atoms with van der Waals surface area (Å²) in [5, 5.41) is 2.79. The van der Waals surface area contributed by atoms with Crippen LogP contribution in [0.1, 0.15) is 22.3 Å². The molecular weight excluding hydrogens is 367 g/mol. The molecule has 2 unspecified atom stereocenters. The van der Waals surface area contributed by atoms with E-state index in [1.807, 2.05) is 18.2 Å². The number of carbonyl (C=O) groups is 1. The maximum Gasteiger partial charge on any atom is 0.196 e. The number of ether oxygens (including phenoxy) is 1. The van der Waals surface area contributed by atoms with Crippen LogP contribution in [0.15, 0.2) is 54.3 Å². The number of benzene rings is 2. The average molecular weight is 385 g/mol. The van der Waals surface area contributed by atoms with E-state index in [0.29, 0.717) is 17.0 Å². The lowest BCUT2D eigenvalue weighted by Crippen LogP contribution is -2.23. The molecule has 0 fully saturated rings. The summed E-state index contributed by atoms with van der Waals surface area (Å²) in [6, 6.07) is 7.53. The van der Waals surface area contributed by atoms with Crippen LogP contribution in [0.25, 0.3) is 0 Å². The zero-order chi connectivity index (χ0) is 19.8. The fourth-order valence-electron chi connectivity index (χ4n) is 3.78. The molecule has 2 aliphatic carbocycles. The van der Waals surface area contributed by atoms with Gasteiger partial charge in [-0.2, -0.15) is 0 Å². The highest BCUT2D eigenvalue weighted by atomic mass is 19.2. The Morgan fingerprint density at radius 3 is 2.71 bits per heavy atom. The minimum atomic E-state index is -1.52. The Morgan fingerprint density at radius 1 is 1.11 bits per heavy atom. The molecule has 3 nitrogen and oxygen atoms in total. The Balaban J connectivity index is 1.60. The van der Waals surface area contributed by atoms with E-state index in [9.17, 15) is 18.0 Å². The monoisotopic (exact) mass is 385 g/mol. The third kappa shape index (κ3) is 3.19. The normalized spacial score (nSPS) is 20.7. The highest BCUT2D eigenvalue weighted by Gasteiger charge is 2.32. The van der Waals surface area contributed by atoms with Crippen molar-refractivity contribution in [3.63, 3.8) is 0 Å². The standard InChI is InChI=1S/C22H18F3NO2/c1-28-15-6-4-12-2-3-13-10-14(5-7-16(13)22(27)17(12)11-15)26-19-9-8-18(23)20(24)21(19)25/h4-11,13,16,26H,2-3H2,1H3. The summed E-state index contributed by atoms with van der Waals surface area (Å²) in [4.78, 5) is 13.0. The number of carbonyl (C=O) groups excluding carboxylic acids is 1. The Kier molecular flexibility index (Phi) is 4.71. The first-order valence-corrected chi connectivity index (χ1v) is 8.99. The molecule has 2 aliphatic rings. The summed E-state index contributed by atoms with van der Waals surface area (Å²) in [5.41, 5.74) is 2.03. The van der Waals surface area contributed by atoms with Gasteiger partial charge in [0.15, 0.2) is 23.2 Å². The number of methoxy groups -OCH3 is 1. The van der Waals surface area contributed by atoms with E-state index in [4.69, 9.17) is 4.74 Å². The third-order valence-corrected chi connectivity index (χ3v) is 5.28. The Bertz CT molecular complexity index is 1010. The molecule has 2 atom stereocenters. The molecular formula is C22H18F3NO2. The number of rotatable bonds is 3. The first-order chi connectivity index (χ1) is 13.5. The molecule has 0 heterocycles. The fourth-order valence-corrected chi connectivity index (χ4v) is 3.78. The van der Waals surface area contributed by atoms with Gasteiger partial charge in [0.05, 0.1) is 12.8 Å². The molecule has 0 radical (unpaired) electrons. The zero-order valence-corrected chi connectivity index (χ0v) is 15.1. The lowest BCUT2D eigenvalue weighted by molar-refractivity contribution is 0.0923. The number of aryl methyl sites for hydroxylation is 1. The molecule has 28 heavy (non-hydrogen) atoms. The lowest BCUT2D eigenvalue weighted by Gasteiger charge is -2.24. The van der Waals surface area contributed by atoms with Gasteiger partial charge >= 0.3 is 0 Å². The summed E-state index contributed by atoms with van der Waals surface area (Å²) in [6.45, 7) is 0. The van der Waals surface area contributed by atoms with Crippen molar-refractivity contribution in [2.45, 2.75) is 12.8 Å². The van der Waals surface area contributed by atoms with Crippen LogP contribution in [0.3, 0.4) is 0 Å². The van der Waals surface area contributed by atoms with Gasteiger partial charge in [-0.05, 0) is 54.7 Å². The van der Waals surface area contributed by atoms with E-state index in [-0.39, 0.29) is 23.3 Å². The van der Waals surface area contributed by atoms with Crippen LogP contribution in [0.5, 0.6) is 5.75 Å². The first-order valence-electron chi connectivity index (χ1n) is 8.99. The van der Waals surface area contributed by atoms with Crippen molar-refractivity contribution >= 4 is 11.5 Å². The molecule has 4 rings (SSSR count). The van der Waals surface area contributed by atoms with Crippen molar-refractivity contribution in [2.24, 2.45) is 11.8 Å². The van der Waals surface area contributed by atoms with Crippen LogP contribution in [0.4, 0.5) is 18.9 Å². The number of Topliss-reactive ketones (excluding diaryl/α,β-unsaturated/α-hetero) is 1. The zero-order valence-electron chi connectivity index (χ0n) is 15.1. The molecule has 144 valence electrons. The second-order valence-electron chi connectivity index (χ2n) is 6.94. The van der Waals surface area contributed by atoms with E-state index < -0.39 is 17.5 Å². The number of hydrogen-bond acceptors (Lipinski definition) is 3. The number of anilines is 1. The maximum atomic E-state index is 13.9. The van der Waals surface area contributed by atoms with E-state index in [1.165, 1.54) is 0 Å². The summed E-state index contributed by atoms with van der Waals surface area (Å²) in [5.74, 6) is -3.77. The number of ketones is 1. The highest BCUT2D eigenvalue weighted by Crippen LogP contribution is 2.36. The van der Waals surface area contributed by atoms with Crippen molar-refractivity contribution < 1.29 is 22.7 Å². The largest absolute Gasteiger partial charge is 0.497 e. The van der Waals surface area contributed by atoms with Crippen molar-refractivity contribution in [2.75, 3.05) is 12.4 Å². The molecule has 0 saturated carbocycles. The molecule has 0 saturated heterocycles. The Hall–Kier alpha value is -3.02. The number of halogens is 3. The predicted octanol–water partition coefficient (Wildman–Crippen LogP) is 5.04. The molecule has 0 aliphatic heterocycles. The molecule has 2 aromatic carbocycles. The summed E-state index contributed by atoms with van der Waals surface area (Å²) in [7, 11) is 1.56. The number of hydrogen-bond donors (Lipinski definition) is 1. The Morgan fingerprint density at radius 2 is 1.93 bits per heavy atom. The van der Waals surface area contributed by atoms with Gasteiger partial charge in [-0.15, -0.1) is 0 Å². The van der Waals surface area contributed by atoms with Crippen LogP contribution in [-0.2, 0) is 6.42 Å². The van der Waals surface area contributed by atoms with Crippen LogP contribution < -0.4 is 10.1 Å². The Labute approximate surface area is 160 Å². The number of fused-ring (bicyclic) bond motifs is 2. The predicted molar refractivity (Wildman–Crippen MR) is 99.8 cm³/mol. The molecule has 0 aromatic heterocycles. The van der Waals surface area contributed by atoms with Crippen LogP contribution in [-0.4, -0.2) is 12.9 Å². The topological polar surface area (TPSA) is 38.3 Å². The van der Waals surface area contributed by atoms with Gasteiger partial charge in [0, 0.05) is 17.2 Å². The van der Waals surface area contributed by atoms with Gasteiger partial charge in [-0.3, -0.25) is 4.79 Å². The molecule has 2 aromatic rings. The van der Waals surface area contributed by atoms with Gasteiger partial charge in [0.2, 0.25) is 0 Å². The van der Waals surface area contributed by atoms with Crippen molar-refractivity contribution in [3.05, 3.63) is 82.8 Å². The van der Waals surface area contributed by atoms with Crippen molar-refractivity contribution in [1.29, 1.82) is 0 Å². The quantitative estimate of drug-likeness (QED) is 0.753. The van der Waals surface area contributed by atoms with Gasteiger partial charge in [-0.25, -0.2) is 13.2 Å². The second-order valence-corrected chi connectivity index (χ2v) is 6.94. The first kappa shape index (κ1) is 18.3. The van der Waals surface area contributed by atoms with E-state index in [0.717, 1.165) is 30.5 Å². The van der Waals surface area contributed by atoms with Crippen molar-refractivity contribution in [1.82, 2.24) is 0 Å². The molecule has 0 amide bonds. The number of allylic oxidation sites excluding steroid dienone is 3. The van der Waals surface area contributed by atoms with Crippen LogP contribution in [0, 0.1) is 29.3 Å². The number of nitrogens with one attached hydrogen (secondary N) is 1. The van der Waals surface area contributed by atoms with Crippen LogP contribution in [0.2, 0.25) is 0 Å². The van der Waals surface area contributed by atoms with E-state index >= 15 is 0 Å². The second kappa shape index (κ2) is 7.19. The smallest absolute Gasteiger partial charge is 0.196 e. The molecule has 0 spiro atoms. The fraction of sp³-hybridized carbons (Fsp3) is 0.227. The minimum Gasteiger partial charge on any atom is -0.497 e.